The van der Waals surface area contributed by atoms with Crippen molar-refractivity contribution in [3.8, 4) is 5.75 Å². The molecule has 0 radical (unpaired) electrons. The standard InChI is InChI=1S/C16H15F2NO2/c17-13-7-11(8-14(18)10-13)5-6-19-16(21)9-12-3-1-2-4-15(12)20/h1-4,7-8,10,20H,5-6,9H2,(H,19,21). The maximum absolute atomic E-state index is 13.0. The summed E-state index contributed by atoms with van der Waals surface area (Å²) in [5, 5.41) is 12.2. The summed E-state index contributed by atoms with van der Waals surface area (Å²) in [5.41, 5.74) is 1.02. The lowest BCUT2D eigenvalue weighted by atomic mass is 10.1. The predicted molar refractivity (Wildman–Crippen MR) is 74.9 cm³/mol. The molecule has 2 aromatic carbocycles. The lowest BCUT2D eigenvalue weighted by Crippen LogP contribution is -2.27. The van der Waals surface area contributed by atoms with Crippen LogP contribution in [0, 0.1) is 11.6 Å². The number of carbonyl (C=O) groups is 1. The Morgan fingerprint density at radius 2 is 1.76 bits per heavy atom. The molecule has 0 saturated carbocycles. The zero-order chi connectivity index (χ0) is 15.2. The van der Waals surface area contributed by atoms with E-state index in [4.69, 9.17) is 0 Å². The molecule has 0 atom stereocenters. The summed E-state index contributed by atoms with van der Waals surface area (Å²) in [4.78, 5) is 11.7. The van der Waals surface area contributed by atoms with Gasteiger partial charge in [0.05, 0.1) is 6.42 Å². The van der Waals surface area contributed by atoms with Crippen molar-refractivity contribution in [2.24, 2.45) is 0 Å². The second-order valence-corrected chi connectivity index (χ2v) is 4.68. The number of nitrogens with one attached hydrogen (secondary N) is 1. The number of para-hydroxylation sites is 1. The first-order valence-electron chi connectivity index (χ1n) is 6.53. The summed E-state index contributed by atoms with van der Waals surface area (Å²) in [6, 6.07) is 9.86. The maximum Gasteiger partial charge on any atom is 0.224 e. The Balaban J connectivity index is 1.83. The smallest absolute Gasteiger partial charge is 0.224 e. The van der Waals surface area contributed by atoms with Crippen LogP contribution in [0.3, 0.4) is 0 Å². The average Bonchev–Trinajstić information content (AvgIpc) is 2.40. The highest BCUT2D eigenvalue weighted by Gasteiger charge is 2.07. The number of phenols is 1. The molecule has 0 aliphatic heterocycles. The number of amides is 1. The molecule has 0 fully saturated rings. The van der Waals surface area contributed by atoms with Crippen LogP contribution in [0.15, 0.2) is 42.5 Å². The zero-order valence-corrected chi connectivity index (χ0v) is 11.3. The lowest BCUT2D eigenvalue weighted by molar-refractivity contribution is -0.120. The van der Waals surface area contributed by atoms with Gasteiger partial charge in [-0.3, -0.25) is 4.79 Å². The fourth-order valence-corrected chi connectivity index (χ4v) is 2.00. The van der Waals surface area contributed by atoms with E-state index in [-0.39, 0.29) is 24.6 Å². The van der Waals surface area contributed by atoms with Crippen molar-refractivity contribution in [3.05, 3.63) is 65.2 Å². The van der Waals surface area contributed by atoms with Gasteiger partial charge in [-0.05, 0) is 30.2 Å². The molecular formula is C16H15F2NO2. The number of hydrogen-bond acceptors (Lipinski definition) is 2. The van der Waals surface area contributed by atoms with Crippen LogP contribution < -0.4 is 5.32 Å². The molecule has 1 amide bonds. The third-order valence-electron chi connectivity index (χ3n) is 3.00. The van der Waals surface area contributed by atoms with E-state index < -0.39 is 11.6 Å². The van der Waals surface area contributed by atoms with Crippen molar-refractivity contribution >= 4 is 5.91 Å². The van der Waals surface area contributed by atoms with Gasteiger partial charge in [-0.15, -0.1) is 0 Å². The van der Waals surface area contributed by atoms with Crippen LogP contribution in [0.4, 0.5) is 8.78 Å². The molecule has 0 saturated heterocycles. The average molecular weight is 291 g/mol. The van der Waals surface area contributed by atoms with Gasteiger partial charge in [-0.2, -0.15) is 0 Å². The van der Waals surface area contributed by atoms with E-state index in [9.17, 15) is 18.7 Å². The van der Waals surface area contributed by atoms with E-state index in [0.29, 0.717) is 17.5 Å². The van der Waals surface area contributed by atoms with Crippen LogP contribution in [-0.4, -0.2) is 17.6 Å². The van der Waals surface area contributed by atoms with Gasteiger partial charge in [0.1, 0.15) is 17.4 Å². The largest absolute Gasteiger partial charge is 0.508 e. The van der Waals surface area contributed by atoms with E-state index >= 15 is 0 Å². The van der Waals surface area contributed by atoms with Crippen molar-refractivity contribution in [1.82, 2.24) is 5.32 Å². The van der Waals surface area contributed by atoms with Gasteiger partial charge < -0.3 is 10.4 Å². The fourth-order valence-electron chi connectivity index (χ4n) is 2.00. The number of phenolic OH excluding ortho intramolecular Hbond substituents is 1. The number of benzene rings is 2. The Bertz CT molecular complexity index is 624. The summed E-state index contributed by atoms with van der Waals surface area (Å²) in [7, 11) is 0. The fraction of sp³-hybridized carbons (Fsp3) is 0.188. The number of aromatic hydroxyl groups is 1. The minimum absolute atomic E-state index is 0.0597. The Labute approximate surface area is 121 Å². The molecule has 0 unspecified atom stereocenters. The maximum atomic E-state index is 13.0. The highest BCUT2D eigenvalue weighted by Crippen LogP contribution is 2.15. The van der Waals surface area contributed by atoms with Crippen LogP contribution >= 0.6 is 0 Å². The molecule has 2 N–H and O–H groups in total. The van der Waals surface area contributed by atoms with E-state index in [1.165, 1.54) is 18.2 Å². The summed E-state index contributed by atoms with van der Waals surface area (Å²) >= 11 is 0. The number of rotatable bonds is 5. The van der Waals surface area contributed by atoms with Crippen molar-refractivity contribution in [2.75, 3.05) is 6.54 Å². The van der Waals surface area contributed by atoms with Gasteiger partial charge in [0.15, 0.2) is 0 Å². The van der Waals surface area contributed by atoms with Crippen LogP contribution in [-0.2, 0) is 17.6 Å². The summed E-state index contributed by atoms with van der Waals surface area (Å²) in [5.74, 6) is -1.45. The SMILES string of the molecule is O=C(Cc1ccccc1O)NCCc1cc(F)cc(F)c1. The molecule has 110 valence electrons. The molecule has 0 aromatic heterocycles. The first-order valence-corrected chi connectivity index (χ1v) is 6.53. The topological polar surface area (TPSA) is 49.3 Å². The van der Waals surface area contributed by atoms with Gasteiger partial charge >= 0.3 is 0 Å². The Kier molecular flexibility index (Phi) is 4.87. The highest BCUT2D eigenvalue weighted by molar-refractivity contribution is 5.79. The molecule has 0 spiro atoms. The van der Waals surface area contributed by atoms with Gasteiger partial charge in [-0.1, -0.05) is 18.2 Å². The first kappa shape index (κ1) is 15.0. The molecule has 0 bridgehead atoms. The highest BCUT2D eigenvalue weighted by atomic mass is 19.1. The third-order valence-corrected chi connectivity index (χ3v) is 3.00. The zero-order valence-electron chi connectivity index (χ0n) is 11.3. The van der Waals surface area contributed by atoms with E-state index in [0.717, 1.165) is 6.07 Å². The number of hydrogen-bond donors (Lipinski definition) is 2. The molecule has 21 heavy (non-hydrogen) atoms. The van der Waals surface area contributed by atoms with Crippen molar-refractivity contribution < 1.29 is 18.7 Å². The van der Waals surface area contributed by atoms with Crippen LogP contribution in [0.25, 0.3) is 0 Å². The molecule has 2 aromatic rings. The second kappa shape index (κ2) is 6.83. The minimum Gasteiger partial charge on any atom is -0.508 e. The third kappa shape index (κ3) is 4.56. The van der Waals surface area contributed by atoms with E-state index in [2.05, 4.69) is 5.32 Å². The molecule has 0 heterocycles. The first-order chi connectivity index (χ1) is 10.0. The predicted octanol–water partition coefficient (Wildman–Crippen LogP) is 2.57. The monoisotopic (exact) mass is 291 g/mol. The molecule has 0 aliphatic carbocycles. The summed E-state index contributed by atoms with van der Waals surface area (Å²) in [6.45, 7) is 0.273. The van der Waals surface area contributed by atoms with E-state index in [1.807, 2.05) is 0 Å². The van der Waals surface area contributed by atoms with Gasteiger partial charge in [-0.25, -0.2) is 8.78 Å². The molecule has 5 heteroatoms. The van der Waals surface area contributed by atoms with Gasteiger partial charge in [0.2, 0.25) is 5.91 Å². The number of carbonyl (C=O) groups excluding carboxylic acids is 1. The normalized spacial score (nSPS) is 10.4. The number of halogens is 2. The van der Waals surface area contributed by atoms with Crippen molar-refractivity contribution in [3.63, 3.8) is 0 Å². The van der Waals surface area contributed by atoms with Crippen LogP contribution in [0.1, 0.15) is 11.1 Å². The minimum atomic E-state index is -0.634. The Morgan fingerprint density at radius 3 is 2.43 bits per heavy atom. The summed E-state index contributed by atoms with van der Waals surface area (Å²) in [6.07, 6.45) is 0.394. The van der Waals surface area contributed by atoms with Crippen LogP contribution in [0.5, 0.6) is 5.75 Å². The Hall–Kier alpha value is -2.43. The van der Waals surface area contributed by atoms with Crippen LogP contribution in [0.2, 0.25) is 0 Å². The summed E-state index contributed by atoms with van der Waals surface area (Å²) < 4.78 is 26.0. The van der Waals surface area contributed by atoms with Gasteiger partial charge in [0, 0.05) is 18.2 Å². The quantitative estimate of drug-likeness (QED) is 0.889. The second-order valence-electron chi connectivity index (χ2n) is 4.68. The Morgan fingerprint density at radius 1 is 1.10 bits per heavy atom. The molecule has 0 aliphatic rings. The van der Waals surface area contributed by atoms with Crippen molar-refractivity contribution in [2.45, 2.75) is 12.8 Å². The lowest BCUT2D eigenvalue weighted by Gasteiger charge is -2.07. The van der Waals surface area contributed by atoms with Crippen molar-refractivity contribution in [1.29, 1.82) is 0 Å². The van der Waals surface area contributed by atoms with E-state index in [1.54, 1.807) is 18.2 Å². The van der Waals surface area contributed by atoms with Gasteiger partial charge in [0.25, 0.3) is 0 Å². The molecule has 2 rings (SSSR count). The molecule has 3 nitrogen and oxygen atoms in total. The molecular weight excluding hydrogens is 276 g/mol.